The minimum Gasteiger partial charge on any atom is -0.480 e. The molecule has 0 fully saturated rings. The van der Waals surface area contributed by atoms with Crippen molar-refractivity contribution in [3.8, 4) is 0 Å². The third-order valence-corrected chi connectivity index (χ3v) is 1.50. The molecule has 102 valence electrons. The first kappa shape index (κ1) is 15.5. The van der Waals surface area contributed by atoms with Crippen molar-refractivity contribution in [1.29, 1.82) is 0 Å². The topological polar surface area (TPSA) is 157 Å². The van der Waals surface area contributed by atoms with Crippen molar-refractivity contribution in [1.82, 2.24) is 21.3 Å². The molecule has 0 aromatic rings. The summed E-state index contributed by atoms with van der Waals surface area (Å²) >= 11 is 0. The number of hydrogen-bond donors (Lipinski definition) is 6. The lowest BCUT2D eigenvalue weighted by atomic mass is 10.6. The van der Waals surface area contributed by atoms with E-state index < -0.39 is 37.1 Å². The van der Waals surface area contributed by atoms with E-state index in [9.17, 15) is 19.2 Å². The minimum atomic E-state index is -1.17. The smallest absolute Gasteiger partial charge is 0.323 e. The molecule has 0 aromatic heterocycles. The number of carbonyl (C=O) groups excluding carboxylic acids is 2. The summed E-state index contributed by atoms with van der Waals surface area (Å²) in [4.78, 5) is 42.0. The molecule has 0 atom stereocenters. The van der Waals surface area contributed by atoms with Gasteiger partial charge >= 0.3 is 24.0 Å². The van der Waals surface area contributed by atoms with Crippen LogP contribution in [0.4, 0.5) is 9.59 Å². The molecule has 0 aromatic carbocycles. The molecule has 4 amide bonds. The standard InChI is InChI=1S/C8H14N4O6/c13-5(14)3-11-7(17)9-1-2-10-8(18)12-4-6(15)16/h1-4H2,(H,13,14)(H,15,16)(H2,9,11,17)(H2,10,12,18). The highest BCUT2D eigenvalue weighted by atomic mass is 16.4. The summed E-state index contributed by atoms with van der Waals surface area (Å²) in [5.74, 6) is -2.34. The van der Waals surface area contributed by atoms with Crippen molar-refractivity contribution >= 4 is 24.0 Å². The van der Waals surface area contributed by atoms with E-state index in [1.165, 1.54) is 0 Å². The van der Waals surface area contributed by atoms with E-state index in [4.69, 9.17) is 10.2 Å². The number of carboxylic acids is 2. The van der Waals surface area contributed by atoms with E-state index in [-0.39, 0.29) is 13.1 Å². The molecular formula is C8H14N4O6. The Labute approximate surface area is 102 Å². The van der Waals surface area contributed by atoms with E-state index in [0.717, 1.165) is 0 Å². The van der Waals surface area contributed by atoms with E-state index >= 15 is 0 Å². The lowest BCUT2D eigenvalue weighted by Crippen LogP contribution is -2.44. The van der Waals surface area contributed by atoms with Crippen molar-refractivity contribution in [2.45, 2.75) is 0 Å². The van der Waals surface area contributed by atoms with E-state index in [1.54, 1.807) is 0 Å². The summed E-state index contributed by atoms with van der Waals surface area (Å²) in [7, 11) is 0. The highest BCUT2D eigenvalue weighted by Gasteiger charge is 2.04. The number of aliphatic carboxylic acids is 2. The number of carbonyl (C=O) groups is 4. The van der Waals surface area contributed by atoms with Gasteiger partial charge in [-0.2, -0.15) is 0 Å². The van der Waals surface area contributed by atoms with Crippen LogP contribution in [-0.2, 0) is 9.59 Å². The molecule has 18 heavy (non-hydrogen) atoms. The van der Waals surface area contributed by atoms with Crippen LogP contribution in [0.15, 0.2) is 0 Å². The molecule has 10 nitrogen and oxygen atoms in total. The number of nitrogens with one attached hydrogen (secondary N) is 4. The SMILES string of the molecule is O=C(O)CNC(=O)NCCNC(=O)NCC(=O)O. The highest BCUT2D eigenvalue weighted by Crippen LogP contribution is 1.68. The van der Waals surface area contributed by atoms with Crippen molar-refractivity contribution in [3.05, 3.63) is 0 Å². The van der Waals surface area contributed by atoms with Crippen LogP contribution < -0.4 is 21.3 Å². The first-order valence-electron chi connectivity index (χ1n) is 4.89. The Balaban J connectivity index is 3.49. The van der Waals surface area contributed by atoms with Gasteiger partial charge in [0, 0.05) is 13.1 Å². The Kier molecular flexibility index (Phi) is 7.41. The third kappa shape index (κ3) is 10.0. The molecule has 10 heteroatoms. The Bertz CT molecular complexity index is 300. The summed E-state index contributed by atoms with van der Waals surface area (Å²) < 4.78 is 0. The van der Waals surface area contributed by atoms with Gasteiger partial charge in [-0.1, -0.05) is 0 Å². The van der Waals surface area contributed by atoms with E-state index in [0.29, 0.717) is 0 Å². The predicted molar refractivity (Wildman–Crippen MR) is 58.1 cm³/mol. The lowest BCUT2D eigenvalue weighted by molar-refractivity contribution is -0.136. The Morgan fingerprint density at radius 2 is 1.00 bits per heavy atom. The molecule has 0 aliphatic rings. The Morgan fingerprint density at radius 1 is 0.667 bits per heavy atom. The number of amides is 4. The maximum Gasteiger partial charge on any atom is 0.323 e. The fourth-order valence-corrected chi connectivity index (χ4v) is 0.789. The molecule has 6 N–H and O–H groups in total. The third-order valence-electron chi connectivity index (χ3n) is 1.50. The molecule has 0 radical (unpaired) electrons. The predicted octanol–water partition coefficient (Wildman–Crippen LogP) is -2.25. The van der Waals surface area contributed by atoms with Crippen LogP contribution >= 0.6 is 0 Å². The summed E-state index contributed by atoms with van der Waals surface area (Å²) in [6.07, 6.45) is 0. The normalized spacial score (nSPS) is 9.11. The van der Waals surface area contributed by atoms with Gasteiger partial charge in [0.25, 0.3) is 0 Å². The fraction of sp³-hybridized carbons (Fsp3) is 0.500. The van der Waals surface area contributed by atoms with Gasteiger partial charge in [0.15, 0.2) is 0 Å². The van der Waals surface area contributed by atoms with Gasteiger partial charge in [0.05, 0.1) is 0 Å². The highest BCUT2D eigenvalue weighted by molar-refractivity contribution is 5.80. The number of rotatable bonds is 7. The van der Waals surface area contributed by atoms with Crippen molar-refractivity contribution in [3.63, 3.8) is 0 Å². The molecule has 0 saturated carbocycles. The molecule has 0 aliphatic heterocycles. The number of hydrogen-bond acceptors (Lipinski definition) is 4. The van der Waals surface area contributed by atoms with Crippen LogP contribution in [0.1, 0.15) is 0 Å². The quantitative estimate of drug-likeness (QED) is 0.285. The van der Waals surface area contributed by atoms with Crippen LogP contribution in [-0.4, -0.2) is 60.4 Å². The largest absolute Gasteiger partial charge is 0.480 e. The minimum absolute atomic E-state index is 0.0753. The summed E-state index contributed by atoms with van der Waals surface area (Å²) in [6, 6.07) is -1.35. The second-order valence-corrected chi connectivity index (χ2v) is 3.01. The van der Waals surface area contributed by atoms with Gasteiger partial charge in [0.2, 0.25) is 0 Å². The maximum atomic E-state index is 10.9. The van der Waals surface area contributed by atoms with Gasteiger partial charge in [-0.05, 0) is 0 Å². The number of urea groups is 2. The van der Waals surface area contributed by atoms with Gasteiger partial charge in [-0.3, -0.25) is 9.59 Å². The van der Waals surface area contributed by atoms with Gasteiger partial charge in [-0.25, -0.2) is 9.59 Å². The van der Waals surface area contributed by atoms with Gasteiger partial charge in [-0.15, -0.1) is 0 Å². The van der Waals surface area contributed by atoms with Crippen LogP contribution in [0, 0.1) is 0 Å². The zero-order chi connectivity index (χ0) is 14.0. The zero-order valence-corrected chi connectivity index (χ0v) is 9.36. The molecule has 0 aliphatic carbocycles. The molecule has 0 spiro atoms. The van der Waals surface area contributed by atoms with Crippen LogP contribution in [0.3, 0.4) is 0 Å². The second-order valence-electron chi connectivity index (χ2n) is 3.01. The summed E-state index contributed by atoms with van der Waals surface area (Å²) in [5.41, 5.74) is 0. The fourth-order valence-electron chi connectivity index (χ4n) is 0.789. The molecule has 0 rings (SSSR count). The van der Waals surface area contributed by atoms with Crippen molar-refractivity contribution in [2.75, 3.05) is 26.2 Å². The average molecular weight is 262 g/mol. The number of carboxylic acid groups (broad SMARTS) is 2. The zero-order valence-electron chi connectivity index (χ0n) is 9.36. The monoisotopic (exact) mass is 262 g/mol. The van der Waals surface area contributed by atoms with Crippen LogP contribution in [0.25, 0.3) is 0 Å². The Morgan fingerprint density at radius 3 is 1.28 bits per heavy atom. The molecule has 0 bridgehead atoms. The van der Waals surface area contributed by atoms with Crippen molar-refractivity contribution in [2.24, 2.45) is 0 Å². The molecule has 0 unspecified atom stereocenters. The van der Waals surface area contributed by atoms with Gasteiger partial charge in [0.1, 0.15) is 13.1 Å². The molecular weight excluding hydrogens is 248 g/mol. The van der Waals surface area contributed by atoms with E-state index in [1.807, 2.05) is 0 Å². The Hall–Kier alpha value is -2.52. The van der Waals surface area contributed by atoms with Crippen LogP contribution in [0.2, 0.25) is 0 Å². The molecule has 0 heterocycles. The van der Waals surface area contributed by atoms with Gasteiger partial charge < -0.3 is 31.5 Å². The second kappa shape index (κ2) is 8.61. The first-order chi connectivity index (χ1) is 8.41. The van der Waals surface area contributed by atoms with Crippen molar-refractivity contribution < 1.29 is 29.4 Å². The average Bonchev–Trinajstić information content (AvgIpc) is 2.29. The lowest BCUT2D eigenvalue weighted by Gasteiger charge is -2.07. The van der Waals surface area contributed by atoms with Crippen LogP contribution in [0.5, 0.6) is 0 Å². The first-order valence-corrected chi connectivity index (χ1v) is 4.89. The molecule has 0 saturated heterocycles. The van der Waals surface area contributed by atoms with E-state index in [2.05, 4.69) is 21.3 Å². The maximum absolute atomic E-state index is 10.9. The summed E-state index contributed by atoms with van der Waals surface area (Å²) in [5, 5.41) is 25.2. The summed E-state index contributed by atoms with van der Waals surface area (Å²) in [6.45, 7) is -0.853.